The van der Waals surface area contributed by atoms with Gasteiger partial charge in [-0.15, -0.1) is 0 Å². The number of rotatable bonds is 2. The molecule has 1 saturated heterocycles. The topological polar surface area (TPSA) is 24.4 Å². The second-order valence-electron chi connectivity index (χ2n) is 4.62. The van der Waals surface area contributed by atoms with Crippen molar-refractivity contribution in [3.63, 3.8) is 0 Å². The van der Waals surface area contributed by atoms with Crippen molar-refractivity contribution in [3.8, 4) is 0 Å². The average Bonchev–Trinajstić information content (AvgIpc) is 2.50. The lowest BCUT2D eigenvalue weighted by Crippen LogP contribution is -2.40. The van der Waals surface area contributed by atoms with Gasteiger partial charge in [0.15, 0.2) is 0 Å². The van der Waals surface area contributed by atoms with E-state index in [2.05, 4.69) is 36.8 Å². The van der Waals surface area contributed by atoms with Gasteiger partial charge < -0.3 is 5.32 Å². The summed E-state index contributed by atoms with van der Waals surface area (Å²) in [5.74, 6) is 0. The molecule has 1 N–H and O–H groups in total. The Bertz CT molecular complexity index is 380. The molecule has 0 aromatic carbocycles. The smallest absolute Gasteiger partial charge is 0.0413 e. The van der Waals surface area contributed by atoms with Crippen molar-refractivity contribution in [1.29, 1.82) is 0 Å². The van der Waals surface area contributed by atoms with E-state index in [0.29, 0.717) is 0 Å². The third kappa shape index (κ3) is 1.67. The molecule has 2 heterocycles. The molecule has 16 heavy (non-hydrogen) atoms. The van der Waals surface area contributed by atoms with E-state index in [9.17, 15) is 0 Å². The van der Waals surface area contributed by atoms with Crippen molar-refractivity contribution in [1.82, 2.24) is 5.32 Å². The summed E-state index contributed by atoms with van der Waals surface area (Å²) in [7, 11) is 0. The zero-order valence-electron chi connectivity index (χ0n) is 10.2. The van der Waals surface area contributed by atoms with Gasteiger partial charge in [-0.3, -0.25) is 4.99 Å². The first kappa shape index (κ1) is 11.3. The minimum Gasteiger partial charge on any atom is -0.317 e. The molecule has 0 bridgehead atoms. The summed E-state index contributed by atoms with van der Waals surface area (Å²) >= 11 is 0. The van der Waals surface area contributed by atoms with E-state index in [-0.39, 0.29) is 5.41 Å². The first-order chi connectivity index (χ1) is 7.70. The SMILES string of the molecule is C=C/C=C\C1=C(C)N=C(C)C12CCNCC2. The summed E-state index contributed by atoms with van der Waals surface area (Å²) in [6, 6.07) is 0. The number of hydrogen-bond donors (Lipinski definition) is 1. The Balaban J connectivity index is 2.37. The Morgan fingerprint density at radius 1 is 1.31 bits per heavy atom. The fourth-order valence-corrected chi connectivity index (χ4v) is 2.89. The molecular weight excluding hydrogens is 196 g/mol. The molecule has 0 amide bonds. The van der Waals surface area contributed by atoms with Crippen LogP contribution in [-0.2, 0) is 0 Å². The highest BCUT2D eigenvalue weighted by atomic mass is 14.9. The highest BCUT2D eigenvalue weighted by molar-refractivity contribution is 5.95. The van der Waals surface area contributed by atoms with Crippen LogP contribution in [0.2, 0.25) is 0 Å². The standard InChI is InChI=1S/C14H20N2/c1-4-5-6-13-11(2)16-12(3)14(13)7-9-15-10-8-14/h4-6,15H,1,7-10H2,2-3H3/b6-5-. The number of aliphatic imine (C=N–C) groups is 1. The van der Waals surface area contributed by atoms with Crippen molar-refractivity contribution in [2.75, 3.05) is 13.1 Å². The first-order valence-corrected chi connectivity index (χ1v) is 5.98. The molecule has 2 nitrogen and oxygen atoms in total. The number of piperidine rings is 1. The third-order valence-corrected chi connectivity index (χ3v) is 3.79. The van der Waals surface area contributed by atoms with E-state index in [1.807, 2.05) is 12.2 Å². The van der Waals surface area contributed by atoms with Gasteiger partial charge in [-0.2, -0.15) is 0 Å². The van der Waals surface area contributed by atoms with E-state index in [0.717, 1.165) is 25.9 Å². The van der Waals surface area contributed by atoms with Crippen LogP contribution in [0.1, 0.15) is 26.7 Å². The molecular formula is C14H20N2. The highest BCUT2D eigenvalue weighted by Crippen LogP contribution is 2.45. The zero-order valence-corrected chi connectivity index (χ0v) is 10.2. The number of hydrogen-bond acceptors (Lipinski definition) is 2. The summed E-state index contributed by atoms with van der Waals surface area (Å²) in [4.78, 5) is 4.68. The van der Waals surface area contributed by atoms with E-state index < -0.39 is 0 Å². The van der Waals surface area contributed by atoms with Gasteiger partial charge in [0.25, 0.3) is 0 Å². The normalized spacial score (nSPS) is 24.2. The Hall–Kier alpha value is -1.15. The lowest BCUT2D eigenvalue weighted by atomic mass is 9.70. The summed E-state index contributed by atoms with van der Waals surface area (Å²) in [5.41, 5.74) is 4.06. The second kappa shape index (κ2) is 4.38. The molecule has 0 aromatic heterocycles. The van der Waals surface area contributed by atoms with Crippen molar-refractivity contribution in [3.05, 3.63) is 36.1 Å². The molecule has 86 valence electrons. The van der Waals surface area contributed by atoms with Gasteiger partial charge >= 0.3 is 0 Å². The fourth-order valence-electron chi connectivity index (χ4n) is 2.89. The molecule has 0 atom stereocenters. The Kier molecular flexibility index (Phi) is 3.10. The monoisotopic (exact) mass is 216 g/mol. The maximum atomic E-state index is 4.68. The molecule has 1 fully saturated rings. The Morgan fingerprint density at radius 2 is 2.00 bits per heavy atom. The molecule has 2 rings (SSSR count). The van der Waals surface area contributed by atoms with Crippen molar-refractivity contribution in [2.45, 2.75) is 26.7 Å². The van der Waals surface area contributed by atoms with Crippen LogP contribution in [0.25, 0.3) is 0 Å². The average molecular weight is 216 g/mol. The van der Waals surface area contributed by atoms with Crippen LogP contribution in [0.3, 0.4) is 0 Å². The van der Waals surface area contributed by atoms with Crippen LogP contribution in [0.4, 0.5) is 0 Å². The minimum atomic E-state index is 0.203. The lowest BCUT2D eigenvalue weighted by Gasteiger charge is -2.36. The van der Waals surface area contributed by atoms with E-state index in [1.54, 1.807) is 0 Å². The van der Waals surface area contributed by atoms with Crippen molar-refractivity contribution >= 4 is 5.71 Å². The van der Waals surface area contributed by atoms with Gasteiger partial charge in [0.05, 0.1) is 0 Å². The Morgan fingerprint density at radius 3 is 2.62 bits per heavy atom. The fraction of sp³-hybridized carbons (Fsp3) is 0.500. The lowest BCUT2D eigenvalue weighted by molar-refractivity contribution is 0.358. The summed E-state index contributed by atoms with van der Waals surface area (Å²) < 4.78 is 0. The van der Waals surface area contributed by atoms with Crippen LogP contribution in [-0.4, -0.2) is 18.8 Å². The molecule has 0 saturated carbocycles. The van der Waals surface area contributed by atoms with Gasteiger partial charge in [-0.05, 0) is 45.4 Å². The quantitative estimate of drug-likeness (QED) is 0.705. The van der Waals surface area contributed by atoms with Crippen LogP contribution in [0, 0.1) is 5.41 Å². The largest absolute Gasteiger partial charge is 0.317 e. The predicted molar refractivity (Wildman–Crippen MR) is 69.7 cm³/mol. The third-order valence-electron chi connectivity index (χ3n) is 3.79. The van der Waals surface area contributed by atoms with Gasteiger partial charge in [-0.1, -0.05) is 24.8 Å². The van der Waals surface area contributed by atoms with Gasteiger partial charge in [0.1, 0.15) is 0 Å². The maximum absolute atomic E-state index is 4.68. The minimum absolute atomic E-state index is 0.203. The number of nitrogens with one attached hydrogen (secondary N) is 1. The number of nitrogens with zero attached hydrogens (tertiary/aromatic N) is 1. The Labute approximate surface area is 97.8 Å². The van der Waals surface area contributed by atoms with Crippen LogP contribution >= 0.6 is 0 Å². The predicted octanol–water partition coefficient (Wildman–Crippen LogP) is 2.85. The highest BCUT2D eigenvalue weighted by Gasteiger charge is 2.41. The molecule has 0 unspecified atom stereocenters. The van der Waals surface area contributed by atoms with Crippen LogP contribution < -0.4 is 5.32 Å². The molecule has 1 spiro atoms. The molecule has 0 aromatic rings. The van der Waals surface area contributed by atoms with E-state index in [4.69, 9.17) is 0 Å². The summed E-state index contributed by atoms with van der Waals surface area (Å²) in [5, 5.41) is 3.43. The van der Waals surface area contributed by atoms with E-state index in [1.165, 1.54) is 17.0 Å². The molecule has 2 aliphatic rings. The summed E-state index contributed by atoms with van der Waals surface area (Å²) in [6.07, 6.45) is 8.38. The maximum Gasteiger partial charge on any atom is 0.0413 e. The van der Waals surface area contributed by atoms with Gasteiger partial charge in [0, 0.05) is 16.8 Å². The molecule has 0 radical (unpaired) electrons. The first-order valence-electron chi connectivity index (χ1n) is 5.98. The molecule has 2 aliphatic heterocycles. The molecule has 2 heteroatoms. The van der Waals surface area contributed by atoms with Crippen LogP contribution in [0.15, 0.2) is 41.1 Å². The van der Waals surface area contributed by atoms with E-state index >= 15 is 0 Å². The van der Waals surface area contributed by atoms with Gasteiger partial charge in [-0.25, -0.2) is 0 Å². The molecule has 0 aliphatic carbocycles. The second-order valence-corrected chi connectivity index (χ2v) is 4.62. The van der Waals surface area contributed by atoms with Crippen molar-refractivity contribution < 1.29 is 0 Å². The van der Waals surface area contributed by atoms with Crippen LogP contribution in [0.5, 0.6) is 0 Å². The van der Waals surface area contributed by atoms with Gasteiger partial charge in [0.2, 0.25) is 0 Å². The zero-order chi connectivity index (χ0) is 11.6. The van der Waals surface area contributed by atoms with Crippen molar-refractivity contribution in [2.24, 2.45) is 10.4 Å². The summed E-state index contributed by atoms with van der Waals surface area (Å²) in [6.45, 7) is 10.2. The number of allylic oxidation sites excluding steroid dienone is 5.